The number of esters is 1. The predicted octanol–water partition coefficient (Wildman–Crippen LogP) is 3.49. The van der Waals surface area contributed by atoms with E-state index in [4.69, 9.17) is 14.2 Å². The number of nitro groups is 1. The van der Waals surface area contributed by atoms with Gasteiger partial charge in [0, 0.05) is 12.1 Å². The molecule has 166 valence electrons. The number of carbonyl (C=O) groups is 2. The van der Waals surface area contributed by atoms with Gasteiger partial charge in [-0.05, 0) is 32.1 Å². The Morgan fingerprint density at radius 3 is 2.57 bits per heavy atom. The molecule has 1 aliphatic rings. The average molecular weight is 422 g/mol. The Bertz CT molecular complexity index is 796. The van der Waals surface area contributed by atoms with E-state index in [2.05, 4.69) is 19.2 Å². The smallest absolute Gasteiger partial charge is 0.346 e. The van der Waals surface area contributed by atoms with Crippen molar-refractivity contribution >= 4 is 17.6 Å². The molecule has 0 aliphatic heterocycles. The quantitative estimate of drug-likeness (QED) is 0.387. The van der Waals surface area contributed by atoms with Crippen LogP contribution in [0.1, 0.15) is 57.3 Å². The van der Waals surface area contributed by atoms with Gasteiger partial charge in [-0.25, -0.2) is 4.79 Å². The molecule has 0 heterocycles. The van der Waals surface area contributed by atoms with Gasteiger partial charge in [0.2, 0.25) is 0 Å². The summed E-state index contributed by atoms with van der Waals surface area (Å²) in [5, 5.41) is 14.4. The maximum Gasteiger partial charge on any atom is 0.346 e. The summed E-state index contributed by atoms with van der Waals surface area (Å²) in [6.07, 6.45) is 1.93. The van der Waals surface area contributed by atoms with E-state index < -0.39 is 28.6 Å². The van der Waals surface area contributed by atoms with Gasteiger partial charge in [-0.3, -0.25) is 14.9 Å². The summed E-state index contributed by atoms with van der Waals surface area (Å²) in [6.45, 7) is 7.70. The lowest BCUT2D eigenvalue weighted by Crippen LogP contribution is -2.47. The summed E-state index contributed by atoms with van der Waals surface area (Å²) in [7, 11) is 1.36. The second-order valence-electron chi connectivity index (χ2n) is 7.64. The van der Waals surface area contributed by atoms with E-state index in [1.807, 2.05) is 0 Å². The van der Waals surface area contributed by atoms with Gasteiger partial charge in [0.25, 0.3) is 11.6 Å². The number of hydrogen-bond donors (Lipinski definition) is 1. The number of nitrogens with one attached hydrogen (secondary N) is 1. The zero-order valence-electron chi connectivity index (χ0n) is 18.1. The first-order chi connectivity index (χ1) is 14.2. The average Bonchev–Trinajstić information content (AvgIpc) is 2.71. The standard InChI is InChI=1S/C21H30N2O7/c1-6-29-19-11-17(23(26)27)15(10-18(19)28-5)21(25)30-14(4)20(24)22-16-9-7-8-12(2)13(16)3/h10-14,16H,6-9H2,1-5H3,(H,22,24)/t12-,13-,14-,16-/m0/s1. The van der Waals surface area contributed by atoms with Gasteiger partial charge in [0.1, 0.15) is 5.56 Å². The SMILES string of the molecule is CCOc1cc([N+](=O)[O-])c(C(=O)O[C@@H](C)C(=O)N[C@H]2CCC[C@H](C)[C@@H]2C)cc1OC. The minimum Gasteiger partial charge on any atom is -0.493 e. The van der Waals surface area contributed by atoms with Crippen LogP contribution in [0, 0.1) is 22.0 Å². The number of hydrogen-bond acceptors (Lipinski definition) is 7. The maximum atomic E-state index is 12.6. The molecule has 0 spiro atoms. The number of ether oxygens (including phenoxy) is 3. The van der Waals surface area contributed by atoms with Gasteiger partial charge in [-0.2, -0.15) is 0 Å². The van der Waals surface area contributed by atoms with Crippen LogP contribution in [0.2, 0.25) is 0 Å². The normalized spacial score (nSPS) is 22.0. The van der Waals surface area contributed by atoms with Crippen molar-refractivity contribution in [2.45, 2.75) is 59.1 Å². The van der Waals surface area contributed by atoms with Gasteiger partial charge in [-0.15, -0.1) is 0 Å². The topological polar surface area (TPSA) is 117 Å². The Hall–Kier alpha value is -2.84. The van der Waals surface area contributed by atoms with E-state index >= 15 is 0 Å². The van der Waals surface area contributed by atoms with Crippen molar-refractivity contribution in [3.63, 3.8) is 0 Å². The molecule has 1 fully saturated rings. The molecule has 1 N–H and O–H groups in total. The first-order valence-electron chi connectivity index (χ1n) is 10.2. The molecule has 1 amide bonds. The number of nitro benzene ring substituents is 1. The van der Waals surface area contributed by atoms with Crippen LogP contribution >= 0.6 is 0 Å². The molecule has 1 saturated carbocycles. The van der Waals surface area contributed by atoms with Crippen LogP contribution < -0.4 is 14.8 Å². The maximum absolute atomic E-state index is 12.6. The summed E-state index contributed by atoms with van der Waals surface area (Å²) in [5.74, 6) is -0.264. The van der Waals surface area contributed by atoms with Crippen molar-refractivity contribution in [3.8, 4) is 11.5 Å². The lowest BCUT2D eigenvalue weighted by molar-refractivity contribution is -0.385. The van der Waals surface area contributed by atoms with E-state index in [1.165, 1.54) is 20.1 Å². The van der Waals surface area contributed by atoms with Gasteiger partial charge in [0.05, 0.1) is 24.7 Å². The highest BCUT2D eigenvalue weighted by Crippen LogP contribution is 2.35. The zero-order chi connectivity index (χ0) is 22.4. The van der Waals surface area contributed by atoms with Gasteiger partial charge in [-0.1, -0.05) is 26.7 Å². The molecule has 0 unspecified atom stereocenters. The predicted molar refractivity (Wildman–Crippen MR) is 110 cm³/mol. The van der Waals surface area contributed by atoms with Gasteiger partial charge >= 0.3 is 5.97 Å². The molecule has 1 aromatic rings. The van der Waals surface area contributed by atoms with E-state index in [0.29, 0.717) is 11.8 Å². The summed E-state index contributed by atoms with van der Waals surface area (Å²) in [6, 6.07) is 2.33. The number of benzene rings is 1. The fourth-order valence-electron chi connectivity index (χ4n) is 3.65. The second-order valence-corrected chi connectivity index (χ2v) is 7.64. The van der Waals surface area contributed by atoms with E-state index in [0.717, 1.165) is 25.3 Å². The first kappa shape index (κ1) is 23.4. The Morgan fingerprint density at radius 2 is 1.97 bits per heavy atom. The monoisotopic (exact) mass is 422 g/mol. The number of nitrogens with zero attached hydrogens (tertiary/aromatic N) is 1. The first-order valence-corrected chi connectivity index (χ1v) is 10.2. The van der Waals surface area contributed by atoms with Crippen LogP contribution in [-0.2, 0) is 9.53 Å². The minimum atomic E-state index is -1.10. The van der Waals surface area contributed by atoms with Crippen LogP contribution in [0.5, 0.6) is 11.5 Å². The fraction of sp³-hybridized carbons (Fsp3) is 0.619. The van der Waals surface area contributed by atoms with Crippen molar-refractivity contribution < 1.29 is 28.7 Å². The Kier molecular flexibility index (Phi) is 8.02. The van der Waals surface area contributed by atoms with Crippen molar-refractivity contribution in [3.05, 3.63) is 27.8 Å². The van der Waals surface area contributed by atoms with Crippen LogP contribution in [-0.4, -0.2) is 42.7 Å². The lowest BCUT2D eigenvalue weighted by atomic mass is 9.78. The molecule has 0 saturated heterocycles. The molecule has 1 aromatic carbocycles. The van der Waals surface area contributed by atoms with Crippen LogP contribution in [0.4, 0.5) is 5.69 Å². The van der Waals surface area contributed by atoms with E-state index in [-0.39, 0.29) is 29.7 Å². The van der Waals surface area contributed by atoms with E-state index in [9.17, 15) is 19.7 Å². The highest BCUT2D eigenvalue weighted by molar-refractivity contribution is 5.96. The molecule has 9 heteroatoms. The molecule has 4 atom stereocenters. The van der Waals surface area contributed by atoms with Crippen molar-refractivity contribution in [2.24, 2.45) is 11.8 Å². The lowest BCUT2D eigenvalue weighted by Gasteiger charge is -2.35. The highest BCUT2D eigenvalue weighted by Gasteiger charge is 2.32. The number of rotatable bonds is 8. The van der Waals surface area contributed by atoms with Crippen LogP contribution in [0.25, 0.3) is 0 Å². The summed E-state index contributed by atoms with van der Waals surface area (Å²) in [4.78, 5) is 35.9. The molecule has 0 bridgehead atoms. The summed E-state index contributed by atoms with van der Waals surface area (Å²) < 4.78 is 15.7. The molecule has 2 rings (SSSR count). The van der Waals surface area contributed by atoms with Gasteiger partial charge < -0.3 is 19.5 Å². The summed E-state index contributed by atoms with van der Waals surface area (Å²) in [5.41, 5.74) is -0.786. The second kappa shape index (κ2) is 10.3. The minimum absolute atomic E-state index is 0.0160. The highest BCUT2D eigenvalue weighted by atomic mass is 16.6. The van der Waals surface area contributed by atoms with Crippen molar-refractivity contribution in [1.29, 1.82) is 0 Å². The molecular formula is C21H30N2O7. The number of amides is 1. The number of carbonyl (C=O) groups excluding carboxylic acids is 2. The van der Waals surface area contributed by atoms with E-state index in [1.54, 1.807) is 6.92 Å². The fourth-order valence-corrected chi connectivity index (χ4v) is 3.65. The Balaban J connectivity index is 2.15. The molecule has 30 heavy (non-hydrogen) atoms. The third kappa shape index (κ3) is 5.40. The van der Waals surface area contributed by atoms with Crippen LogP contribution in [0.15, 0.2) is 12.1 Å². The molecule has 0 radical (unpaired) electrons. The zero-order valence-corrected chi connectivity index (χ0v) is 18.1. The molecule has 1 aliphatic carbocycles. The molecule has 9 nitrogen and oxygen atoms in total. The third-order valence-corrected chi connectivity index (χ3v) is 5.69. The largest absolute Gasteiger partial charge is 0.493 e. The van der Waals surface area contributed by atoms with Gasteiger partial charge in [0.15, 0.2) is 17.6 Å². The van der Waals surface area contributed by atoms with Crippen molar-refractivity contribution in [1.82, 2.24) is 5.32 Å². The summed E-state index contributed by atoms with van der Waals surface area (Å²) >= 11 is 0. The number of methoxy groups -OCH3 is 1. The third-order valence-electron chi connectivity index (χ3n) is 5.69. The Morgan fingerprint density at radius 1 is 1.27 bits per heavy atom. The van der Waals surface area contributed by atoms with Crippen molar-refractivity contribution in [2.75, 3.05) is 13.7 Å². The van der Waals surface area contributed by atoms with Crippen LogP contribution in [0.3, 0.4) is 0 Å². The Labute approximate surface area is 176 Å². The molecule has 0 aromatic heterocycles. The molecular weight excluding hydrogens is 392 g/mol.